The summed E-state index contributed by atoms with van der Waals surface area (Å²) in [7, 11) is -2.85. The first-order valence-corrected chi connectivity index (χ1v) is 5.04. The molecule has 3 nitrogen and oxygen atoms in total. The molecule has 0 amide bonds. The highest BCUT2D eigenvalue weighted by molar-refractivity contribution is 7.17. The molecule has 0 rings (SSSR count). The van der Waals surface area contributed by atoms with E-state index in [1.165, 1.54) is 0 Å². The SMILES string of the molecule is O=POC(C(F)(F)F)(C(F)(F)F)C(O)(C(F)(F)F)C(F)(F)F. The number of aliphatic hydroxyl groups is 1. The van der Waals surface area contributed by atoms with Crippen LogP contribution in [0, 0.1) is 0 Å². The summed E-state index contributed by atoms with van der Waals surface area (Å²) < 4.78 is 161. The molecule has 0 saturated carbocycles. The molecular formula is C6HF12O3P. The Labute approximate surface area is 113 Å². The van der Waals surface area contributed by atoms with E-state index in [-0.39, 0.29) is 0 Å². The molecule has 0 bridgehead atoms. The lowest BCUT2D eigenvalue weighted by Crippen LogP contribution is -2.80. The van der Waals surface area contributed by atoms with Crippen molar-refractivity contribution in [3.8, 4) is 0 Å². The van der Waals surface area contributed by atoms with Gasteiger partial charge in [-0.3, -0.25) is 4.52 Å². The molecule has 0 atom stereocenters. The Morgan fingerprint density at radius 2 is 0.909 bits per heavy atom. The highest BCUT2D eigenvalue weighted by Gasteiger charge is 2.95. The number of rotatable bonds is 3. The fourth-order valence-electron chi connectivity index (χ4n) is 1.36. The Hall–Kier alpha value is -0.820. The molecule has 0 spiro atoms. The number of hydrogen-bond donors (Lipinski definition) is 1. The molecule has 0 aromatic heterocycles. The monoisotopic (exact) mass is 380 g/mol. The molecule has 1 N–H and O–H groups in total. The van der Waals surface area contributed by atoms with Gasteiger partial charge in [0.1, 0.15) is 0 Å². The first kappa shape index (κ1) is 21.2. The topological polar surface area (TPSA) is 46.5 Å². The molecule has 132 valence electrons. The van der Waals surface area contributed by atoms with E-state index in [0.717, 1.165) is 0 Å². The van der Waals surface area contributed by atoms with Gasteiger partial charge in [0, 0.05) is 0 Å². The summed E-state index contributed by atoms with van der Waals surface area (Å²) in [5.74, 6) is 0. The third-order valence-corrected chi connectivity index (χ3v) is 2.65. The van der Waals surface area contributed by atoms with E-state index in [9.17, 15) is 57.3 Å². The summed E-state index contributed by atoms with van der Waals surface area (Å²) in [4.78, 5) is 0. The van der Waals surface area contributed by atoms with Gasteiger partial charge in [0.25, 0.3) is 0 Å². The van der Waals surface area contributed by atoms with Gasteiger partial charge in [0.2, 0.25) is 0 Å². The van der Waals surface area contributed by atoms with Gasteiger partial charge < -0.3 is 5.11 Å². The Bertz CT molecular complexity index is 389. The smallest absolute Gasteiger partial charge is 0.371 e. The van der Waals surface area contributed by atoms with Gasteiger partial charge in [-0.15, -0.1) is 0 Å². The fraction of sp³-hybridized carbons (Fsp3) is 1.00. The average molecular weight is 380 g/mol. The van der Waals surface area contributed by atoms with Crippen molar-refractivity contribution in [2.45, 2.75) is 35.9 Å². The van der Waals surface area contributed by atoms with Crippen LogP contribution in [0.2, 0.25) is 0 Å². The Balaban J connectivity index is 7.08. The van der Waals surface area contributed by atoms with Crippen molar-refractivity contribution in [3.63, 3.8) is 0 Å². The van der Waals surface area contributed by atoms with Crippen LogP contribution in [0.25, 0.3) is 0 Å². The van der Waals surface area contributed by atoms with Crippen LogP contribution in [-0.4, -0.2) is 41.0 Å². The van der Waals surface area contributed by atoms with Gasteiger partial charge in [0.05, 0.1) is 0 Å². The molecular weight excluding hydrogens is 379 g/mol. The van der Waals surface area contributed by atoms with Crippen LogP contribution in [0.5, 0.6) is 0 Å². The zero-order valence-electron chi connectivity index (χ0n) is 9.25. The van der Waals surface area contributed by atoms with Crippen molar-refractivity contribution in [1.82, 2.24) is 0 Å². The zero-order valence-corrected chi connectivity index (χ0v) is 10.1. The molecule has 16 heteroatoms. The van der Waals surface area contributed by atoms with Crippen LogP contribution in [0.15, 0.2) is 0 Å². The maximum absolute atomic E-state index is 12.5. The molecule has 0 aliphatic rings. The summed E-state index contributed by atoms with van der Waals surface area (Å²) in [6, 6.07) is 0. The Morgan fingerprint density at radius 1 is 0.636 bits per heavy atom. The van der Waals surface area contributed by atoms with Gasteiger partial charge in [-0.2, -0.15) is 52.7 Å². The van der Waals surface area contributed by atoms with Crippen LogP contribution < -0.4 is 0 Å². The molecule has 0 heterocycles. The minimum absolute atomic E-state index is 2.25. The molecule has 0 aliphatic carbocycles. The first-order valence-electron chi connectivity index (χ1n) is 4.31. The molecule has 0 aliphatic heterocycles. The largest absolute Gasteiger partial charge is 0.431 e. The normalized spacial score (nSPS) is 16.2. The van der Waals surface area contributed by atoms with Crippen molar-refractivity contribution >= 4 is 8.69 Å². The van der Waals surface area contributed by atoms with E-state index in [1.54, 1.807) is 0 Å². The van der Waals surface area contributed by atoms with Crippen molar-refractivity contribution in [2.24, 2.45) is 0 Å². The first-order chi connectivity index (χ1) is 9.31. The van der Waals surface area contributed by atoms with Crippen LogP contribution in [0.1, 0.15) is 0 Å². The predicted octanol–water partition coefficient (Wildman–Crippen LogP) is 3.93. The van der Waals surface area contributed by atoms with Gasteiger partial charge in [-0.1, -0.05) is 0 Å². The van der Waals surface area contributed by atoms with E-state index in [2.05, 4.69) is 4.52 Å². The lowest BCUT2D eigenvalue weighted by Gasteiger charge is -2.46. The molecule has 0 aromatic rings. The van der Waals surface area contributed by atoms with Crippen molar-refractivity contribution < 1.29 is 66.9 Å². The second kappa shape index (κ2) is 5.37. The maximum atomic E-state index is 12.5. The van der Waals surface area contributed by atoms with Gasteiger partial charge in [0.15, 0.2) is 0 Å². The van der Waals surface area contributed by atoms with Crippen molar-refractivity contribution in [2.75, 3.05) is 0 Å². The highest BCUT2D eigenvalue weighted by atomic mass is 31.1. The van der Waals surface area contributed by atoms with Gasteiger partial charge in [-0.05, 0) is 0 Å². The number of alkyl halides is 12. The summed E-state index contributed by atoms with van der Waals surface area (Å²) in [5.41, 5.74) is -14.7. The maximum Gasteiger partial charge on any atom is 0.431 e. The lowest BCUT2D eigenvalue weighted by molar-refractivity contribution is -0.488. The molecule has 22 heavy (non-hydrogen) atoms. The number of hydrogen-bond acceptors (Lipinski definition) is 3. The third-order valence-electron chi connectivity index (χ3n) is 2.30. The standard InChI is InChI=1S/C6HF12O3P/c7-3(8,9)1(19,4(10,11)12)2(21-22-20,5(13,14)15)6(16,17)18/h19H. The Kier molecular flexibility index (Phi) is 5.17. The summed E-state index contributed by atoms with van der Waals surface area (Å²) in [6.07, 6.45) is -30.1. The molecule has 0 aromatic carbocycles. The van der Waals surface area contributed by atoms with Crippen molar-refractivity contribution in [1.29, 1.82) is 0 Å². The highest BCUT2D eigenvalue weighted by Crippen LogP contribution is 2.62. The molecule has 0 unspecified atom stereocenters. The Morgan fingerprint density at radius 3 is 1.05 bits per heavy atom. The van der Waals surface area contributed by atoms with Crippen LogP contribution >= 0.6 is 8.69 Å². The van der Waals surface area contributed by atoms with E-state index in [1.807, 2.05) is 0 Å². The molecule has 0 radical (unpaired) electrons. The van der Waals surface area contributed by atoms with E-state index in [4.69, 9.17) is 5.11 Å². The van der Waals surface area contributed by atoms with E-state index >= 15 is 0 Å². The molecule has 0 fully saturated rings. The summed E-state index contributed by atoms with van der Waals surface area (Å²) >= 11 is 0. The minimum atomic E-state index is -7.54. The van der Waals surface area contributed by atoms with Crippen molar-refractivity contribution in [3.05, 3.63) is 0 Å². The summed E-state index contributed by atoms with van der Waals surface area (Å²) in [5, 5.41) is 8.44. The minimum Gasteiger partial charge on any atom is -0.371 e. The average Bonchev–Trinajstić information content (AvgIpc) is 2.17. The zero-order chi connectivity index (χ0) is 18.4. The quantitative estimate of drug-likeness (QED) is 0.597. The summed E-state index contributed by atoms with van der Waals surface area (Å²) in [6.45, 7) is 0. The van der Waals surface area contributed by atoms with Crippen LogP contribution in [0.3, 0.4) is 0 Å². The fourth-order valence-corrected chi connectivity index (χ4v) is 1.81. The van der Waals surface area contributed by atoms with Crippen LogP contribution in [0.4, 0.5) is 52.7 Å². The molecule has 0 saturated heterocycles. The third kappa shape index (κ3) is 2.73. The van der Waals surface area contributed by atoms with Crippen LogP contribution in [-0.2, 0) is 9.09 Å². The predicted molar refractivity (Wildman–Crippen MR) is 40.6 cm³/mol. The lowest BCUT2D eigenvalue weighted by atomic mass is 9.79. The van der Waals surface area contributed by atoms with Gasteiger partial charge in [-0.25, -0.2) is 4.57 Å². The van der Waals surface area contributed by atoms with Gasteiger partial charge >= 0.3 is 44.6 Å². The van der Waals surface area contributed by atoms with E-state index < -0.39 is 44.6 Å². The van der Waals surface area contributed by atoms with E-state index in [0.29, 0.717) is 0 Å². The number of halogens is 12. The second-order valence-electron chi connectivity index (χ2n) is 3.55. The second-order valence-corrected chi connectivity index (χ2v) is 3.88.